The lowest BCUT2D eigenvalue weighted by Crippen LogP contribution is -2.61. The Bertz CT molecular complexity index is 3540. The van der Waals surface area contributed by atoms with Crippen molar-refractivity contribution in [3.8, 4) is 18.2 Å². The molecule has 686 valence electrons. The van der Waals surface area contributed by atoms with E-state index in [0.29, 0.717) is 38.9 Å². The molecule has 18 atom stereocenters. The second-order valence-electron chi connectivity index (χ2n) is 38.1. The van der Waals surface area contributed by atoms with Crippen LogP contribution >= 0.6 is 0 Å². The van der Waals surface area contributed by atoms with E-state index >= 15 is 0 Å². The predicted octanol–water partition coefficient (Wildman–Crippen LogP) is 7.59. The number of halogens is 9. The summed E-state index contributed by atoms with van der Waals surface area (Å²) < 4.78 is 126. The molecular weight excluding hydrogens is 1610 g/mol. The predicted molar refractivity (Wildman–Crippen MR) is 425 cm³/mol. The summed E-state index contributed by atoms with van der Waals surface area (Å²) in [5.74, 6) is -13.6. The van der Waals surface area contributed by atoms with Crippen molar-refractivity contribution in [3.05, 3.63) is 0 Å². The molecular formula is C82H130F9N15O15. The molecule has 30 nitrogen and oxygen atoms in total. The monoisotopic (exact) mass is 1740 g/mol. The third-order valence-electron chi connectivity index (χ3n) is 23.7. The van der Waals surface area contributed by atoms with Crippen molar-refractivity contribution in [1.82, 2.24) is 62.6 Å². The van der Waals surface area contributed by atoms with Crippen molar-refractivity contribution >= 4 is 76.9 Å². The van der Waals surface area contributed by atoms with E-state index in [1.54, 1.807) is 23.1 Å². The highest BCUT2D eigenvalue weighted by atomic mass is 19.4. The van der Waals surface area contributed by atoms with Crippen LogP contribution in [0.4, 0.5) is 39.5 Å². The maximum absolute atomic E-state index is 13.5. The molecule has 9 N–H and O–H groups in total. The zero-order valence-electron chi connectivity index (χ0n) is 71.2. The summed E-state index contributed by atoms with van der Waals surface area (Å²) in [6, 6.07) is -4.44. The zero-order valence-corrected chi connectivity index (χ0v) is 71.2. The SMILES string of the molecule is C.C.C.CC(=O)OC(C)C.CC(C)(C)[C@H](NC(=O)C(F)(F)F)C(=O)N1C[C@H]2[C@@H]([C@H]1C(=O)N[C@H](C#N)C[C@@H]1CCNC1=O)C2(C)C.CC(C)(C)[C@H](NC(=O)C(F)(F)F)C(=O)N1C[C@H]2[C@@H]([C@H]1C(=O)N[C@H](C#N)C[C@@H]1CCNC1=O)C2(C)C.CC(C)(C)[C@H](NC(=O)C(F)(F)F)C(=O)N1C[C@H]2[C@@H]([C@H]1C(=O)N[C@H](C#N)C[C@@H]1CCNC1=O)C2(C)C.COC(C)(C)C. The highest BCUT2D eigenvalue weighted by molar-refractivity contribution is 5.98. The molecule has 0 radical (unpaired) electrons. The lowest BCUT2D eigenvalue weighted by Gasteiger charge is -2.37. The molecule has 9 fully saturated rings. The van der Waals surface area contributed by atoms with Crippen LogP contribution in [-0.2, 0) is 71.8 Å². The number of amides is 12. The molecule has 0 aromatic rings. The number of hydrogen-bond donors (Lipinski definition) is 9. The minimum atomic E-state index is -5.16. The summed E-state index contributed by atoms with van der Waals surface area (Å²) in [6.45, 7) is 38.5. The number of esters is 1. The largest absolute Gasteiger partial charge is 0.471 e. The van der Waals surface area contributed by atoms with Gasteiger partial charge in [-0.2, -0.15) is 55.3 Å². The number of likely N-dealkylation sites (tertiary alicyclic amines) is 3. The van der Waals surface area contributed by atoms with E-state index < -0.39 is 160 Å². The van der Waals surface area contributed by atoms with Crippen LogP contribution in [0, 0.1) is 120 Å². The van der Waals surface area contributed by atoms with Gasteiger partial charge in [0.15, 0.2) is 0 Å². The molecule has 3 aliphatic carbocycles. The first kappa shape index (κ1) is 108. The van der Waals surface area contributed by atoms with Gasteiger partial charge >= 0.3 is 42.2 Å². The van der Waals surface area contributed by atoms with Crippen LogP contribution in [0.5, 0.6) is 0 Å². The molecule has 9 rings (SSSR count). The number of nitrogens with zero attached hydrogens (tertiary/aromatic N) is 6. The van der Waals surface area contributed by atoms with E-state index in [0.717, 1.165) is 0 Å². The zero-order chi connectivity index (χ0) is 90.6. The lowest BCUT2D eigenvalue weighted by atomic mass is 9.85. The van der Waals surface area contributed by atoms with Gasteiger partial charge in [0.25, 0.3) is 0 Å². The summed E-state index contributed by atoms with van der Waals surface area (Å²) in [4.78, 5) is 165. The number of alkyl halides is 9. The number of carbonyl (C=O) groups excluding carboxylic acids is 13. The fourth-order valence-corrected chi connectivity index (χ4v) is 16.5. The Morgan fingerprint density at radius 1 is 0.438 bits per heavy atom. The molecule has 0 aromatic heterocycles. The van der Waals surface area contributed by atoms with Crippen molar-refractivity contribution in [2.24, 2.45) is 85.8 Å². The van der Waals surface area contributed by atoms with E-state index in [9.17, 15) is 118 Å². The average Bonchev–Trinajstić information content (AvgIpc) is 1.54. The smallest absolute Gasteiger partial charge is 0.463 e. The number of nitrogens with one attached hydrogen (secondary N) is 9. The average molecular weight is 1740 g/mol. The van der Waals surface area contributed by atoms with Crippen LogP contribution in [0.3, 0.4) is 0 Å². The fourth-order valence-electron chi connectivity index (χ4n) is 16.5. The minimum Gasteiger partial charge on any atom is -0.463 e. The van der Waals surface area contributed by atoms with Crippen LogP contribution in [-0.4, -0.2) is 223 Å². The highest BCUT2D eigenvalue weighted by Crippen LogP contribution is 2.67. The topological polar surface area (TPSA) is 430 Å². The Morgan fingerprint density at radius 3 is 0.793 bits per heavy atom. The van der Waals surface area contributed by atoms with E-state index in [1.807, 2.05) is 94.4 Å². The van der Waals surface area contributed by atoms with Crippen LogP contribution in [0.1, 0.15) is 206 Å². The molecule has 6 aliphatic heterocycles. The fraction of sp³-hybridized carbons (Fsp3) is 0.805. The second-order valence-corrected chi connectivity index (χ2v) is 38.1. The summed E-state index contributed by atoms with van der Waals surface area (Å²) >= 11 is 0. The number of nitriles is 3. The Hall–Kier alpha value is -9.09. The summed E-state index contributed by atoms with van der Waals surface area (Å²) in [5, 5.41) is 50.0. The van der Waals surface area contributed by atoms with Gasteiger partial charge in [-0.15, -0.1) is 0 Å². The van der Waals surface area contributed by atoms with Crippen molar-refractivity contribution < 1.29 is 111 Å². The van der Waals surface area contributed by atoms with E-state index in [1.165, 1.54) is 83.9 Å². The minimum absolute atomic E-state index is 0. The van der Waals surface area contributed by atoms with Crippen molar-refractivity contribution in [2.75, 3.05) is 46.4 Å². The molecule has 9 aliphatic rings. The first-order valence-corrected chi connectivity index (χ1v) is 39.4. The van der Waals surface area contributed by atoms with E-state index in [2.05, 4.69) is 36.6 Å². The second kappa shape index (κ2) is 40.5. The first-order chi connectivity index (χ1) is 53.7. The number of piperidine rings is 3. The summed E-state index contributed by atoms with van der Waals surface area (Å²) in [7, 11) is 1.71. The number of rotatable bonds is 19. The van der Waals surface area contributed by atoms with Gasteiger partial charge in [0.1, 0.15) is 54.4 Å². The van der Waals surface area contributed by atoms with Gasteiger partial charge in [-0.25, -0.2) is 0 Å². The van der Waals surface area contributed by atoms with Crippen molar-refractivity contribution in [2.45, 2.75) is 291 Å². The molecule has 6 heterocycles. The molecule has 0 spiro atoms. The van der Waals surface area contributed by atoms with Gasteiger partial charge in [0.05, 0.1) is 29.9 Å². The number of ether oxygens (including phenoxy) is 2. The van der Waals surface area contributed by atoms with Gasteiger partial charge in [0.2, 0.25) is 53.2 Å². The molecule has 12 amide bonds. The highest BCUT2D eigenvalue weighted by Gasteiger charge is 2.73. The number of methoxy groups -OCH3 is 1. The summed E-state index contributed by atoms with van der Waals surface area (Å²) in [6.07, 6.45) is -13.5. The lowest BCUT2D eigenvalue weighted by molar-refractivity contribution is -0.176. The Labute approximate surface area is 705 Å². The molecule has 0 bridgehead atoms. The Kier molecular flexibility index (Phi) is 36.1. The number of fused-ring (bicyclic) bond motifs is 3. The van der Waals surface area contributed by atoms with E-state index in [-0.39, 0.29) is 148 Å². The normalized spacial score (nSPS) is 26.2. The molecule has 121 heavy (non-hydrogen) atoms. The summed E-state index contributed by atoms with van der Waals surface area (Å²) in [5.41, 5.74) is -3.94. The molecule has 3 saturated carbocycles. The van der Waals surface area contributed by atoms with Gasteiger partial charge in [-0.1, -0.05) is 126 Å². The molecule has 0 aromatic carbocycles. The third kappa shape index (κ3) is 27.2. The number of hydrogen-bond acceptors (Lipinski definition) is 18. The van der Waals surface area contributed by atoms with Crippen molar-refractivity contribution in [1.29, 1.82) is 15.8 Å². The van der Waals surface area contributed by atoms with Crippen LogP contribution < -0.4 is 47.9 Å². The van der Waals surface area contributed by atoms with Crippen LogP contribution in [0.25, 0.3) is 0 Å². The van der Waals surface area contributed by atoms with E-state index in [4.69, 9.17) is 4.74 Å². The first-order valence-electron chi connectivity index (χ1n) is 39.4. The van der Waals surface area contributed by atoms with Gasteiger partial charge in [-0.05, 0) is 141 Å². The number of carbonyl (C=O) groups is 13. The quantitative estimate of drug-likeness (QED) is 0.0444. The molecule has 0 unspecified atom stereocenters. The maximum atomic E-state index is 13.5. The van der Waals surface area contributed by atoms with Gasteiger partial charge in [0, 0.05) is 71.1 Å². The third-order valence-corrected chi connectivity index (χ3v) is 23.7. The van der Waals surface area contributed by atoms with Crippen LogP contribution in [0.15, 0.2) is 0 Å². The molecule has 39 heteroatoms. The van der Waals surface area contributed by atoms with Gasteiger partial charge < -0.3 is 72.0 Å². The standard InChI is InChI=1S/3C23H32F3N5O4.C5H10O2.C5H12O.3CH4/c3*1-21(2,3)16(30-20(35)23(24,25)26)19(34)31-10-13-14(22(13,4)5)15(31)18(33)29-12(9-27)8-11-6-7-28-17(11)32;1-4(2)7-5(3)6;1-5(2,3)6-4;;;/h3*11-16H,6-8,10H2,1-5H3,(H,28,32)(H,29,33)(H,30,35);4H,1-3H3;1-4H3;3*1H4/t3*11-,12-,13-,14-,15-,16+;;;;;/m000...../s1. The van der Waals surface area contributed by atoms with Gasteiger partial charge in [-0.3, -0.25) is 62.3 Å². The van der Waals surface area contributed by atoms with Crippen LogP contribution in [0.2, 0.25) is 0 Å². The Balaban J connectivity index is 0.000000564. The maximum Gasteiger partial charge on any atom is 0.471 e. The molecule has 6 saturated heterocycles. The van der Waals surface area contributed by atoms with Crippen molar-refractivity contribution in [3.63, 3.8) is 0 Å². The Morgan fingerprint density at radius 2 is 0.653 bits per heavy atom.